The standard InChI is InChI=1S/C13H10ClN3O4/c14-9-5-7(16-4-2-11(18)15-12(16)19)6-10-8(9)1-3-17(10)13(20)21/h1,3,5-6H,2,4H2,(H,20,21)(H,15,18,19). The number of nitrogens with zero attached hydrogens (tertiary/aromatic N) is 2. The molecular formula is C13H10ClN3O4. The van der Waals surface area contributed by atoms with Gasteiger partial charge in [0.2, 0.25) is 5.91 Å². The van der Waals surface area contributed by atoms with E-state index >= 15 is 0 Å². The molecule has 8 heteroatoms. The maximum Gasteiger partial charge on any atom is 0.416 e. The van der Waals surface area contributed by atoms with Crippen molar-refractivity contribution in [2.45, 2.75) is 6.42 Å². The van der Waals surface area contributed by atoms with E-state index in [-0.39, 0.29) is 18.9 Å². The van der Waals surface area contributed by atoms with Gasteiger partial charge in [0, 0.05) is 30.2 Å². The Hall–Kier alpha value is -2.54. The van der Waals surface area contributed by atoms with Crippen LogP contribution in [0.5, 0.6) is 0 Å². The highest BCUT2D eigenvalue weighted by atomic mass is 35.5. The topological polar surface area (TPSA) is 91.6 Å². The number of hydrogen-bond acceptors (Lipinski definition) is 3. The average Bonchev–Trinajstić information content (AvgIpc) is 2.83. The summed E-state index contributed by atoms with van der Waals surface area (Å²) in [4.78, 5) is 35.5. The van der Waals surface area contributed by atoms with Gasteiger partial charge in [-0.05, 0) is 18.2 Å². The van der Waals surface area contributed by atoms with Crippen molar-refractivity contribution in [2.75, 3.05) is 11.4 Å². The molecule has 0 bridgehead atoms. The van der Waals surface area contributed by atoms with Crippen LogP contribution in [0.15, 0.2) is 24.4 Å². The number of carbonyl (C=O) groups is 3. The summed E-state index contributed by atoms with van der Waals surface area (Å²) in [6.45, 7) is 0.223. The molecule has 2 aromatic rings. The van der Waals surface area contributed by atoms with Crippen molar-refractivity contribution in [1.82, 2.24) is 9.88 Å². The number of anilines is 1. The first kappa shape index (κ1) is 13.4. The maximum absolute atomic E-state index is 11.8. The van der Waals surface area contributed by atoms with Crippen LogP contribution in [0.2, 0.25) is 5.02 Å². The highest BCUT2D eigenvalue weighted by molar-refractivity contribution is 6.36. The third kappa shape index (κ3) is 2.21. The van der Waals surface area contributed by atoms with Crippen molar-refractivity contribution in [3.8, 4) is 0 Å². The van der Waals surface area contributed by atoms with Crippen LogP contribution in [0.3, 0.4) is 0 Å². The molecule has 0 radical (unpaired) electrons. The number of fused-ring (bicyclic) bond motifs is 1. The number of hydrogen-bond donors (Lipinski definition) is 2. The van der Waals surface area contributed by atoms with Gasteiger partial charge in [-0.15, -0.1) is 0 Å². The number of nitrogens with one attached hydrogen (secondary N) is 1. The summed E-state index contributed by atoms with van der Waals surface area (Å²) in [5.74, 6) is -0.336. The predicted molar refractivity (Wildman–Crippen MR) is 75.9 cm³/mol. The lowest BCUT2D eigenvalue weighted by molar-refractivity contribution is -0.120. The Bertz CT molecular complexity index is 783. The number of benzene rings is 1. The lowest BCUT2D eigenvalue weighted by Crippen LogP contribution is -2.49. The zero-order valence-electron chi connectivity index (χ0n) is 10.7. The fourth-order valence-corrected chi connectivity index (χ4v) is 2.59. The SMILES string of the molecule is O=C1CCN(c2cc(Cl)c3ccn(C(=O)O)c3c2)C(=O)N1. The van der Waals surface area contributed by atoms with E-state index in [1.807, 2.05) is 0 Å². The molecule has 0 unspecified atom stereocenters. The summed E-state index contributed by atoms with van der Waals surface area (Å²) in [6, 6.07) is 4.18. The molecule has 21 heavy (non-hydrogen) atoms. The third-order valence-corrected chi connectivity index (χ3v) is 3.63. The molecule has 1 aromatic carbocycles. The Labute approximate surface area is 123 Å². The van der Waals surface area contributed by atoms with Gasteiger partial charge in [0.05, 0.1) is 10.5 Å². The molecule has 108 valence electrons. The smallest absolute Gasteiger partial charge is 0.416 e. The molecule has 0 atom stereocenters. The molecule has 1 saturated heterocycles. The van der Waals surface area contributed by atoms with Crippen molar-refractivity contribution in [3.63, 3.8) is 0 Å². The predicted octanol–water partition coefficient (Wildman–Crippen LogP) is 2.27. The Kier molecular flexibility index (Phi) is 3.06. The second-order valence-electron chi connectivity index (χ2n) is 4.58. The molecule has 1 fully saturated rings. The Morgan fingerprint density at radius 1 is 1.33 bits per heavy atom. The first-order valence-electron chi connectivity index (χ1n) is 6.12. The molecule has 7 nitrogen and oxygen atoms in total. The Morgan fingerprint density at radius 3 is 2.76 bits per heavy atom. The summed E-state index contributed by atoms with van der Waals surface area (Å²) in [7, 11) is 0. The van der Waals surface area contributed by atoms with E-state index in [4.69, 9.17) is 16.7 Å². The first-order valence-corrected chi connectivity index (χ1v) is 6.50. The van der Waals surface area contributed by atoms with Crippen LogP contribution in [0, 0.1) is 0 Å². The Morgan fingerprint density at radius 2 is 2.10 bits per heavy atom. The zero-order chi connectivity index (χ0) is 15.1. The second kappa shape index (κ2) is 4.78. The van der Waals surface area contributed by atoms with Gasteiger partial charge in [0.1, 0.15) is 0 Å². The van der Waals surface area contributed by atoms with Crippen LogP contribution in [-0.2, 0) is 4.79 Å². The first-order chi connectivity index (χ1) is 9.97. The van der Waals surface area contributed by atoms with E-state index < -0.39 is 12.1 Å². The minimum Gasteiger partial charge on any atom is -0.464 e. The third-order valence-electron chi connectivity index (χ3n) is 3.31. The van der Waals surface area contributed by atoms with Crippen LogP contribution in [0.4, 0.5) is 15.3 Å². The fourth-order valence-electron chi connectivity index (χ4n) is 2.32. The number of aromatic nitrogens is 1. The monoisotopic (exact) mass is 307 g/mol. The van der Waals surface area contributed by atoms with E-state index in [1.54, 1.807) is 18.2 Å². The molecular weight excluding hydrogens is 298 g/mol. The number of carbonyl (C=O) groups excluding carboxylic acids is 2. The van der Waals surface area contributed by atoms with Crippen LogP contribution in [0.1, 0.15) is 6.42 Å². The lowest BCUT2D eigenvalue weighted by atomic mass is 10.2. The molecule has 3 amide bonds. The van der Waals surface area contributed by atoms with Crippen molar-refractivity contribution in [3.05, 3.63) is 29.4 Å². The average molecular weight is 308 g/mol. The van der Waals surface area contributed by atoms with Gasteiger partial charge in [-0.1, -0.05) is 11.6 Å². The second-order valence-corrected chi connectivity index (χ2v) is 4.99. The van der Waals surface area contributed by atoms with E-state index in [0.717, 1.165) is 4.57 Å². The molecule has 0 aliphatic carbocycles. The quantitative estimate of drug-likeness (QED) is 0.845. The van der Waals surface area contributed by atoms with Gasteiger partial charge in [0.15, 0.2) is 0 Å². The number of imide groups is 1. The number of rotatable bonds is 1. The molecule has 0 spiro atoms. The summed E-state index contributed by atoms with van der Waals surface area (Å²) in [6.07, 6.45) is 0.431. The minimum absolute atomic E-state index is 0.182. The summed E-state index contributed by atoms with van der Waals surface area (Å²) >= 11 is 6.14. The highest BCUT2D eigenvalue weighted by Gasteiger charge is 2.25. The molecule has 1 aliphatic heterocycles. The number of halogens is 1. The van der Waals surface area contributed by atoms with E-state index in [0.29, 0.717) is 21.6 Å². The minimum atomic E-state index is -1.14. The van der Waals surface area contributed by atoms with Gasteiger partial charge in [-0.3, -0.25) is 19.6 Å². The maximum atomic E-state index is 11.8. The molecule has 1 aromatic heterocycles. The number of carboxylic acid groups (broad SMARTS) is 1. The van der Waals surface area contributed by atoms with Gasteiger partial charge in [-0.2, -0.15) is 0 Å². The van der Waals surface area contributed by atoms with Crippen LogP contribution in [-0.4, -0.2) is 34.2 Å². The molecule has 2 N–H and O–H groups in total. The van der Waals surface area contributed by atoms with Gasteiger partial charge < -0.3 is 5.11 Å². The van der Waals surface area contributed by atoms with Gasteiger partial charge >= 0.3 is 12.1 Å². The van der Waals surface area contributed by atoms with Gasteiger partial charge in [-0.25, -0.2) is 9.59 Å². The number of urea groups is 1. The van der Waals surface area contributed by atoms with Crippen molar-refractivity contribution in [2.24, 2.45) is 0 Å². The van der Waals surface area contributed by atoms with Crippen LogP contribution >= 0.6 is 11.6 Å². The fraction of sp³-hybridized carbons (Fsp3) is 0.154. The molecule has 0 saturated carbocycles. The zero-order valence-corrected chi connectivity index (χ0v) is 11.4. The molecule has 2 heterocycles. The summed E-state index contributed by atoms with van der Waals surface area (Å²) < 4.78 is 1.03. The van der Waals surface area contributed by atoms with Crippen molar-refractivity contribution >= 4 is 46.2 Å². The lowest BCUT2D eigenvalue weighted by Gasteiger charge is -2.26. The van der Waals surface area contributed by atoms with Gasteiger partial charge in [0.25, 0.3) is 0 Å². The van der Waals surface area contributed by atoms with Crippen LogP contribution in [0.25, 0.3) is 10.9 Å². The summed E-state index contributed by atoms with van der Waals surface area (Å²) in [5.41, 5.74) is 0.827. The molecule has 3 rings (SSSR count). The number of amides is 3. The van der Waals surface area contributed by atoms with Crippen molar-refractivity contribution in [1.29, 1.82) is 0 Å². The summed E-state index contributed by atoms with van der Waals surface area (Å²) in [5, 5.41) is 12.3. The highest BCUT2D eigenvalue weighted by Crippen LogP contribution is 2.31. The largest absolute Gasteiger partial charge is 0.464 e. The van der Waals surface area contributed by atoms with Crippen molar-refractivity contribution < 1.29 is 19.5 Å². The van der Waals surface area contributed by atoms with E-state index in [1.165, 1.54) is 11.1 Å². The Balaban J connectivity index is 2.11. The normalized spacial score (nSPS) is 15.4. The molecule has 1 aliphatic rings. The van der Waals surface area contributed by atoms with Crippen LogP contribution < -0.4 is 10.2 Å². The van der Waals surface area contributed by atoms with E-state index in [2.05, 4.69) is 5.32 Å². The van der Waals surface area contributed by atoms with E-state index in [9.17, 15) is 14.4 Å².